The number of carboxylic acids is 1. The Morgan fingerprint density at radius 1 is 1.88 bits per heavy atom. The monoisotopic (exact) mass is 135 g/mol. The van der Waals surface area contributed by atoms with E-state index < -0.39 is 5.97 Å². The highest BCUT2D eigenvalue weighted by atomic mass is 32.1. The van der Waals surface area contributed by atoms with Gasteiger partial charge < -0.3 is 5.11 Å². The van der Waals surface area contributed by atoms with Crippen LogP contribution in [0.3, 0.4) is 0 Å². The van der Waals surface area contributed by atoms with Gasteiger partial charge in [0.2, 0.25) is 0 Å². The topological polar surface area (TPSA) is 40.5 Å². The fourth-order valence-electron chi connectivity index (χ4n) is 0.281. The second-order valence-corrected chi connectivity index (χ2v) is 1.83. The third-order valence-corrected chi connectivity index (χ3v) is 1.13. The van der Waals surface area contributed by atoms with E-state index in [9.17, 15) is 4.79 Å². The van der Waals surface area contributed by atoms with Gasteiger partial charge in [-0.25, -0.2) is 0 Å². The first-order valence-electron chi connectivity index (χ1n) is 2.18. The van der Waals surface area contributed by atoms with E-state index in [1.54, 1.807) is 11.9 Å². The van der Waals surface area contributed by atoms with Crippen LogP contribution in [-0.4, -0.2) is 35.4 Å². The summed E-state index contributed by atoms with van der Waals surface area (Å²) in [4.78, 5) is 11.5. The second kappa shape index (κ2) is 3.74. The lowest BCUT2D eigenvalue weighted by molar-refractivity contribution is -0.137. The van der Waals surface area contributed by atoms with Crippen LogP contribution < -0.4 is 0 Å². The SMILES string of the molecule is CN(CS)CC(=O)O. The number of hydrogen-bond acceptors (Lipinski definition) is 3. The smallest absolute Gasteiger partial charge is 0.317 e. The number of rotatable bonds is 3. The van der Waals surface area contributed by atoms with Gasteiger partial charge in [-0.3, -0.25) is 9.69 Å². The van der Waals surface area contributed by atoms with Gasteiger partial charge in [-0.1, -0.05) is 0 Å². The first kappa shape index (κ1) is 7.78. The number of nitrogens with zero attached hydrogens (tertiary/aromatic N) is 1. The zero-order chi connectivity index (χ0) is 6.57. The van der Waals surface area contributed by atoms with Crippen LogP contribution >= 0.6 is 12.6 Å². The minimum Gasteiger partial charge on any atom is -0.480 e. The molecular weight excluding hydrogens is 126 g/mol. The molecule has 0 fully saturated rings. The van der Waals surface area contributed by atoms with Crippen molar-refractivity contribution in [2.75, 3.05) is 19.5 Å². The Hall–Kier alpha value is -0.220. The highest BCUT2D eigenvalue weighted by Gasteiger charge is 1.99. The van der Waals surface area contributed by atoms with E-state index >= 15 is 0 Å². The highest BCUT2D eigenvalue weighted by Crippen LogP contribution is 1.82. The summed E-state index contributed by atoms with van der Waals surface area (Å²) in [6.07, 6.45) is 0. The molecule has 0 radical (unpaired) electrons. The number of hydrogen-bond donors (Lipinski definition) is 2. The molecule has 0 aliphatic carbocycles. The van der Waals surface area contributed by atoms with Gasteiger partial charge in [-0.05, 0) is 7.05 Å². The Balaban J connectivity index is 3.24. The van der Waals surface area contributed by atoms with Gasteiger partial charge in [-0.15, -0.1) is 0 Å². The molecular formula is C4H9NO2S. The van der Waals surface area contributed by atoms with Crippen molar-refractivity contribution in [2.45, 2.75) is 0 Å². The summed E-state index contributed by atoms with van der Waals surface area (Å²) in [7, 11) is 1.70. The zero-order valence-electron chi connectivity index (χ0n) is 4.66. The van der Waals surface area contributed by atoms with Crippen molar-refractivity contribution in [2.24, 2.45) is 0 Å². The van der Waals surface area contributed by atoms with Crippen LogP contribution in [0, 0.1) is 0 Å². The molecule has 1 N–H and O–H groups in total. The molecule has 0 bridgehead atoms. The van der Waals surface area contributed by atoms with Gasteiger partial charge in [0.15, 0.2) is 0 Å². The van der Waals surface area contributed by atoms with E-state index in [4.69, 9.17) is 5.11 Å². The van der Waals surface area contributed by atoms with Crippen LogP contribution in [-0.2, 0) is 4.79 Å². The largest absolute Gasteiger partial charge is 0.480 e. The van der Waals surface area contributed by atoms with E-state index in [2.05, 4.69) is 12.6 Å². The molecule has 0 atom stereocenters. The molecule has 0 saturated heterocycles. The molecule has 48 valence electrons. The number of carboxylic acid groups (broad SMARTS) is 1. The molecule has 0 aromatic carbocycles. The number of aliphatic carboxylic acids is 1. The van der Waals surface area contributed by atoms with Gasteiger partial charge in [0.05, 0.1) is 6.54 Å². The van der Waals surface area contributed by atoms with Gasteiger partial charge >= 0.3 is 5.97 Å². The Labute approximate surface area is 53.7 Å². The second-order valence-electron chi connectivity index (χ2n) is 1.55. The lowest BCUT2D eigenvalue weighted by atomic mass is 10.6. The van der Waals surface area contributed by atoms with Crippen LogP contribution in [0.2, 0.25) is 0 Å². The molecule has 0 aromatic rings. The number of likely N-dealkylation sites (N-methyl/N-ethyl adjacent to an activating group) is 1. The lowest BCUT2D eigenvalue weighted by Crippen LogP contribution is -2.23. The summed E-state index contributed by atoms with van der Waals surface area (Å²) in [5.74, 6) is -0.340. The summed E-state index contributed by atoms with van der Waals surface area (Å²) in [5, 5.41) is 8.14. The molecule has 0 unspecified atom stereocenters. The predicted molar refractivity (Wildman–Crippen MR) is 34.1 cm³/mol. The molecule has 0 aliphatic heterocycles. The Bertz CT molecular complexity index is 86.1. The average Bonchev–Trinajstić information content (AvgIpc) is 1.65. The van der Waals surface area contributed by atoms with Crippen molar-refractivity contribution in [3.05, 3.63) is 0 Å². The van der Waals surface area contributed by atoms with Crippen LogP contribution in [0.1, 0.15) is 0 Å². The van der Waals surface area contributed by atoms with Crippen molar-refractivity contribution in [1.29, 1.82) is 0 Å². The lowest BCUT2D eigenvalue weighted by Gasteiger charge is -2.07. The van der Waals surface area contributed by atoms with E-state index in [1.165, 1.54) is 0 Å². The molecule has 0 amide bonds. The maximum atomic E-state index is 9.89. The van der Waals surface area contributed by atoms with E-state index in [0.717, 1.165) is 0 Å². The van der Waals surface area contributed by atoms with Crippen molar-refractivity contribution >= 4 is 18.6 Å². The first-order chi connectivity index (χ1) is 3.66. The molecule has 0 spiro atoms. The van der Waals surface area contributed by atoms with E-state index in [1.807, 2.05) is 0 Å². The van der Waals surface area contributed by atoms with Crippen LogP contribution in [0.25, 0.3) is 0 Å². The molecule has 8 heavy (non-hydrogen) atoms. The van der Waals surface area contributed by atoms with Crippen LogP contribution in [0.5, 0.6) is 0 Å². The molecule has 3 nitrogen and oxygen atoms in total. The third kappa shape index (κ3) is 3.95. The third-order valence-electron chi connectivity index (χ3n) is 0.647. The van der Waals surface area contributed by atoms with E-state index in [-0.39, 0.29) is 6.54 Å². The summed E-state index contributed by atoms with van der Waals surface area (Å²) >= 11 is 3.85. The molecule has 0 saturated carbocycles. The minimum atomic E-state index is -0.818. The highest BCUT2D eigenvalue weighted by molar-refractivity contribution is 7.80. The number of carbonyl (C=O) groups is 1. The standard InChI is InChI=1S/C4H9NO2S/c1-5(3-8)2-4(6)7/h8H,2-3H2,1H3,(H,6,7). The van der Waals surface area contributed by atoms with Crippen LogP contribution in [0.4, 0.5) is 0 Å². The molecule has 0 aromatic heterocycles. The summed E-state index contributed by atoms with van der Waals surface area (Å²) in [6.45, 7) is 0.0590. The van der Waals surface area contributed by atoms with Crippen molar-refractivity contribution in [1.82, 2.24) is 4.90 Å². The first-order valence-corrected chi connectivity index (χ1v) is 2.81. The van der Waals surface area contributed by atoms with Crippen LogP contribution in [0.15, 0.2) is 0 Å². The summed E-state index contributed by atoms with van der Waals surface area (Å²) in [6, 6.07) is 0. The quantitative estimate of drug-likeness (QED) is 0.419. The average molecular weight is 135 g/mol. The number of thiol groups is 1. The normalized spacial score (nSPS) is 9.88. The Kier molecular flexibility index (Phi) is 3.64. The molecule has 0 aliphatic rings. The molecule has 0 heterocycles. The van der Waals surface area contributed by atoms with Gasteiger partial charge in [0.1, 0.15) is 0 Å². The van der Waals surface area contributed by atoms with Crippen molar-refractivity contribution in [3.8, 4) is 0 Å². The maximum Gasteiger partial charge on any atom is 0.317 e. The minimum absolute atomic E-state index is 0.0590. The summed E-state index contributed by atoms with van der Waals surface area (Å²) < 4.78 is 0. The fraction of sp³-hybridized carbons (Fsp3) is 0.750. The maximum absolute atomic E-state index is 9.89. The zero-order valence-corrected chi connectivity index (χ0v) is 5.56. The predicted octanol–water partition coefficient (Wildman–Crippen LogP) is -0.110. The fourth-order valence-corrected chi connectivity index (χ4v) is 0.381. The van der Waals surface area contributed by atoms with Gasteiger partial charge in [0, 0.05) is 5.88 Å². The Morgan fingerprint density at radius 2 is 2.38 bits per heavy atom. The van der Waals surface area contributed by atoms with Crippen molar-refractivity contribution < 1.29 is 9.90 Å². The molecule has 4 heteroatoms. The van der Waals surface area contributed by atoms with E-state index in [0.29, 0.717) is 5.88 Å². The Morgan fingerprint density at radius 3 is 2.50 bits per heavy atom. The van der Waals surface area contributed by atoms with Crippen molar-refractivity contribution in [3.63, 3.8) is 0 Å². The summed E-state index contributed by atoms with van der Waals surface area (Å²) in [5.41, 5.74) is 0. The van der Waals surface area contributed by atoms with Gasteiger partial charge in [-0.2, -0.15) is 12.6 Å². The molecule has 0 rings (SSSR count). The van der Waals surface area contributed by atoms with Gasteiger partial charge in [0.25, 0.3) is 0 Å².